The predicted octanol–water partition coefficient (Wildman–Crippen LogP) is 1.76. The van der Waals surface area contributed by atoms with Gasteiger partial charge in [0.25, 0.3) is 0 Å². The molecule has 3 nitrogen and oxygen atoms in total. The second kappa shape index (κ2) is 4.81. The zero-order valence-electron chi connectivity index (χ0n) is 9.66. The van der Waals surface area contributed by atoms with Gasteiger partial charge in [-0.15, -0.1) is 0 Å². The summed E-state index contributed by atoms with van der Waals surface area (Å²) in [5, 5.41) is 3.46. The van der Waals surface area contributed by atoms with Crippen LogP contribution in [0.1, 0.15) is 31.5 Å². The highest BCUT2D eigenvalue weighted by atomic mass is 15.2. The molecule has 15 heavy (non-hydrogen) atoms. The van der Waals surface area contributed by atoms with E-state index in [1.807, 2.05) is 6.20 Å². The summed E-state index contributed by atoms with van der Waals surface area (Å²) in [5.74, 6) is 0. The van der Waals surface area contributed by atoms with Gasteiger partial charge in [0.2, 0.25) is 0 Å². The van der Waals surface area contributed by atoms with Gasteiger partial charge in [-0.05, 0) is 45.5 Å². The lowest BCUT2D eigenvalue weighted by atomic mass is 10.0. The second-order valence-electron chi connectivity index (χ2n) is 4.47. The van der Waals surface area contributed by atoms with Gasteiger partial charge >= 0.3 is 0 Å². The van der Waals surface area contributed by atoms with Crippen molar-refractivity contribution < 1.29 is 0 Å². The van der Waals surface area contributed by atoms with Crippen molar-refractivity contribution in [2.24, 2.45) is 0 Å². The number of aromatic amines is 1. The number of nitrogens with one attached hydrogen (secondary N) is 2. The van der Waals surface area contributed by atoms with Crippen molar-refractivity contribution in [3.8, 4) is 0 Å². The first-order valence-corrected chi connectivity index (χ1v) is 5.85. The molecule has 2 atom stereocenters. The summed E-state index contributed by atoms with van der Waals surface area (Å²) in [4.78, 5) is 5.77. The van der Waals surface area contributed by atoms with E-state index in [-0.39, 0.29) is 0 Å². The van der Waals surface area contributed by atoms with Gasteiger partial charge in [0, 0.05) is 30.5 Å². The molecule has 0 spiro atoms. The van der Waals surface area contributed by atoms with Gasteiger partial charge in [-0.25, -0.2) is 0 Å². The highest BCUT2D eigenvalue weighted by Gasteiger charge is 2.22. The summed E-state index contributed by atoms with van der Waals surface area (Å²) in [6, 6.07) is 5.39. The maximum atomic E-state index is 3.46. The Bertz CT molecular complexity index is 275. The molecule has 2 rings (SSSR count). The maximum absolute atomic E-state index is 3.46. The van der Waals surface area contributed by atoms with Crippen LogP contribution in [-0.2, 0) is 0 Å². The molecule has 1 fully saturated rings. The normalized spacial score (nSPS) is 24.3. The number of likely N-dealkylation sites (N-methyl/N-ethyl adjacent to an activating group) is 1. The topological polar surface area (TPSA) is 31.1 Å². The van der Waals surface area contributed by atoms with Crippen LogP contribution in [0, 0.1) is 0 Å². The molecule has 1 aromatic rings. The van der Waals surface area contributed by atoms with Crippen molar-refractivity contribution in [3.63, 3.8) is 0 Å². The Morgan fingerprint density at radius 1 is 1.53 bits per heavy atom. The Morgan fingerprint density at radius 3 is 3.00 bits per heavy atom. The van der Waals surface area contributed by atoms with Crippen molar-refractivity contribution in [2.45, 2.75) is 31.8 Å². The molecule has 0 bridgehead atoms. The van der Waals surface area contributed by atoms with E-state index in [0.717, 1.165) is 6.54 Å². The van der Waals surface area contributed by atoms with Gasteiger partial charge in [-0.2, -0.15) is 0 Å². The van der Waals surface area contributed by atoms with E-state index in [1.165, 1.54) is 25.1 Å². The van der Waals surface area contributed by atoms with Gasteiger partial charge in [-0.3, -0.25) is 4.90 Å². The molecule has 1 aliphatic heterocycles. The van der Waals surface area contributed by atoms with Crippen LogP contribution in [0.4, 0.5) is 0 Å². The third-order valence-electron chi connectivity index (χ3n) is 3.53. The maximum Gasteiger partial charge on any atom is 0.0470 e. The summed E-state index contributed by atoms with van der Waals surface area (Å²) in [6.07, 6.45) is 4.61. The fourth-order valence-electron chi connectivity index (χ4n) is 2.32. The monoisotopic (exact) mass is 207 g/mol. The van der Waals surface area contributed by atoms with E-state index in [2.05, 4.69) is 41.3 Å². The summed E-state index contributed by atoms with van der Waals surface area (Å²) in [6.45, 7) is 4.57. The summed E-state index contributed by atoms with van der Waals surface area (Å²) in [5.41, 5.74) is 1.31. The SMILES string of the molecule is CC(c1ccc[nH]1)N(C)C1CCCNC1. The zero-order valence-corrected chi connectivity index (χ0v) is 9.66. The molecule has 2 N–H and O–H groups in total. The van der Waals surface area contributed by atoms with E-state index < -0.39 is 0 Å². The molecule has 2 heterocycles. The first kappa shape index (κ1) is 10.7. The lowest BCUT2D eigenvalue weighted by Crippen LogP contribution is -2.45. The molecular weight excluding hydrogens is 186 g/mol. The van der Waals surface area contributed by atoms with Crippen LogP contribution in [0.2, 0.25) is 0 Å². The van der Waals surface area contributed by atoms with E-state index in [1.54, 1.807) is 0 Å². The van der Waals surface area contributed by atoms with Crippen LogP contribution in [0.25, 0.3) is 0 Å². The number of piperidine rings is 1. The summed E-state index contributed by atoms with van der Waals surface area (Å²) in [7, 11) is 2.23. The van der Waals surface area contributed by atoms with Crippen LogP contribution in [0.5, 0.6) is 0 Å². The summed E-state index contributed by atoms with van der Waals surface area (Å²) >= 11 is 0. The molecule has 1 aliphatic rings. The lowest BCUT2D eigenvalue weighted by Gasteiger charge is -2.35. The third kappa shape index (κ3) is 2.41. The van der Waals surface area contributed by atoms with Crippen LogP contribution >= 0.6 is 0 Å². The van der Waals surface area contributed by atoms with Gasteiger partial charge in [0.15, 0.2) is 0 Å². The van der Waals surface area contributed by atoms with Crippen molar-refractivity contribution >= 4 is 0 Å². The van der Waals surface area contributed by atoms with Crippen molar-refractivity contribution in [1.82, 2.24) is 15.2 Å². The van der Waals surface area contributed by atoms with Gasteiger partial charge in [-0.1, -0.05) is 0 Å². The molecule has 0 radical (unpaired) electrons. The fraction of sp³-hybridized carbons (Fsp3) is 0.667. The number of H-pyrrole nitrogens is 1. The van der Waals surface area contributed by atoms with Gasteiger partial charge in [0.1, 0.15) is 0 Å². The molecule has 0 aromatic carbocycles. The molecule has 1 aromatic heterocycles. The van der Waals surface area contributed by atoms with E-state index in [9.17, 15) is 0 Å². The summed E-state index contributed by atoms with van der Waals surface area (Å²) < 4.78 is 0. The highest BCUT2D eigenvalue weighted by Crippen LogP contribution is 2.21. The van der Waals surface area contributed by atoms with Gasteiger partial charge < -0.3 is 10.3 Å². The zero-order chi connectivity index (χ0) is 10.7. The van der Waals surface area contributed by atoms with E-state index in [4.69, 9.17) is 0 Å². The number of nitrogens with zero attached hydrogens (tertiary/aromatic N) is 1. The Labute approximate surface area is 91.9 Å². The average molecular weight is 207 g/mol. The lowest BCUT2D eigenvalue weighted by molar-refractivity contribution is 0.154. The number of hydrogen-bond donors (Lipinski definition) is 2. The Hall–Kier alpha value is -0.800. The molecule has 1 saturated heterocycles. The smallest absolute Gasteiger partial charge is 0.0470 e. The molecular formula is C12H21N3. The number of hydrogen-bond acceptors (Lipinski definition) is 2. The van der Waals surface area contributed by atoms with Crippen LogP contribution in [0.15, 0.2) is 18.3 Å². The van der Waals surface area contributed by atoms with Crippen LogP contribution < -0.4 is 5.32 Å². The second-order valence-corrected chi connectivity index (χ2v) is 4.47. The molecule has 0 amide bonds. The molecule has 84 valence electrons. The van der Waals surface area contributed by atoms with Crippen molar-refractivity contribution in [2.75, 3.05) is 20.1 Å². The Morgan fingerprint density at radius 2 is 2.40 bits per heavy atom. The number of aromatic nitrogens is 1. The van der Waals surface area contributed by atoms with E-state index >= 15 is 0 Å². The van der Waals surface area contributed by atoms with Crippen LogP contribution in [0.3, 0.4) is 0 Å². The van der Waals surface area contributed by atoms with Gasteiger partial charge in [0.05, 0.1) is 0 Å². The van der Waals surface area contributed by atoms with Crippen molar-refractivity contribution in [3.05, 3.63) is 24.0 Å². The molecule has 3 heteroatoms. The average Bonchev–Trinajstić information content (AvgIpc) is 2.82. The standard InChI is InChI=1S/C12H21N3/c1-10(12-6-4-8-14-12)15(2)11-5-3-7-13-9-11/h4,6,8,10-11,13-14H,3,5,7,9H2,1-2H3. The minimum atomic E-state index is 0.477. The minimum Gasteiger partial charge on any atom is -0.364 e. The fourth-order valence-corrected chi connectivity index (χ4v) is 2.32. The Balaban J connectivity index is 1.97. The first-order valence-electron chi connectivity index (χ1n) is 5.85. The third-order valence-corrected chi connectivity index (χ3v) is 3.53. The quantitative estimate of drug-likeness (QED) is 0.791. The van der Waals surface area contributed by atoms with Crippen LogP contribution in [-0.4, -0.2) is 36.1 Å². The predicted molar refractivity (Wildman–Crippen MR) is 62.9 cm³/mol. The highest BCUT2D eigenvalue weighted by molar-refractivity contribution is 5.08. The Kier molecular flexibility index (Phi) is 3.44. The minimum absolute atomic E-state index is 0.477. The first-order chi connectivity index (χ1) is 7.29. The molecule has 0 aliphatic carbocycles. The van der Waals surface area contributed by atoms with E-state index in [0.29, 0.717) is 12.1 Å². The molecule has 2 unspecified atom stereocenters. The number of rotatable bonds is 3. The van der Waals surface area contributed by atoms with Crippen molar-refractivity contribution in [1.29, 1.82) is 0 Å². The largest absolute Gasteiger partial charge is 0.364 e. The molecule has 0 saturated carbocycles.